The summed E-state index contributed by atoms with van der Waals surface area (Å²) >= 11 is 0. The standard InChI is InChI=1S/C17H26N2/c1-5-11-19(12-6-2)14-17-10-8-7-9-16(17)13-18-15(3)4/h1,7-10,15,18H,6,11-14H2,2-4H3. The van der Waals surface area contributed by atoms with Crippen molar-refractivity contribution in [3.63, 3.8) is 0 Å². The summed E-state index contributed by atoms with van der Waals surface area (Å²) in [4.78, 5) is 2.33. The molecule has 0 heterocycles. The molecule has 1 N–H and O–H groups in total. The first-order chi connectivity index (χ1) is 9.17. The zero-order valence-corrected chi connectivity index (χ0v) is 12.4. The number of benzene rings is 1. The van der Waals surface area contributed by atoms with Gasteiger partial charge in [-0.15, -0.1) is 6.42 Å². The molecule has 0 bridgehead atoms. The van der Waals surface area contributed by atoms with Crippen LogP contribution in [0.2, 0.25) is 0 Å². The van der Waals surface area contributed by atoms with Crippen LogP contribution in [0.15, 0.2) is 24.3 Å². The quantitative estimate of drug-likeness (QED) is 0.721. The van der Waals surface area contributed by atoms with Gasteiger partial charge in [0.2, 0.25) is 0 Å². The van der Waals surface area contributed by atoms with Crippen molar-refractivity contribution in [3.05, 3.63) is 35.4 Å². The van der Waals surface area contributed by atoms with Crippen LogP contribution >= 0.6 is 0 Å². The lowest BCUT2D eigenvalue weighted by atomic mass is 10.1. The highest BCUT2D eigenvalue weighted by atomic mass is 15.1. The smallest absolute Gasteiger partial charge is 0.0601 e. The third-order valence-corrected chi connectivity index (χ3v) is 3.07. The van der Waals surface area contributed by atoms with E-state index in [2.05, 4.69) is 61.2 Å². The maximum absolute atomic E-state index is 5.45. The summed E-state index contributed by atoms with van der Waals surface area (Å²) in [6.45, 7) is 10.2. The van der Waals surface area contributed by atoms with Gasteiger partial charge in [0.15, 0.2) is 0 Å². The Balaban J connectivity index is 2.72. The monoisotopic (exact) mass is 258 g/mol. The molecule has 1 rings (SSSR count). The van der Waals surface area contributed by atoms with E-state index in [9.17, 15) is 0 Å². The van der Waals surface area contributed by atoms with Gasteiger partial charge in [0, 0.05) is 19.1 Å². The number of terminal acetylenes is 1. The number of nitrogens with one attached hydrogen (secondary N) is 1. The predicted octanol–water partition coefficient (Wildman–Crippen LogP) is 3.03. The van der Waals surface area contributed by atoms with E-state index in [1.807, 2.05) is 0 Å². The molecule has 104 valence electrons. The summed E-state index contributed by atoms with van der Waals surface area (Å²) in [5, 5.41) is 3.48. The van der Waals surface area contributed by atoms with E-state index in [1.54, 1.807) is 0 Å². The number of hydrogen-bond acceptors (Lipinski definition) is 2. The van der Waals surface area contributed by atoms with Gasteiger partial charge in [-0.25, -0.2) is 0 Å². The van der Waals surface area contributed by atoms with E-state index in [-0.39, 0.29) is 0 Å². The normalized spacial score (nSPS) is 10.9. The zero-order chi connectivity index (χ0) is 14.1. The summed E-state index contributed by atoms with van der Waals surface area (Å²) in [7, 11) is 0. The Hall–Kier alpha value is -1.30. The Morgan fingerprint density at radius 2 is 1.95 bits per heavy atom. The largest absolute Gasteiger partial charge is 0.310 e. The Morgan fingerprint density at radius 1 is 1.26 bits per heavy atom. The van der Waals surface area contributed by atoms with Crippen LogP contribution in [0, 0.1) is 12.3 Å². The van der Waals surface area contributed by atoms with Crippen LogP contribution < -0.4 is 5.32 Å². The Morgan fingerprint density at radius 3 is 2.53 bits per heavy atom. The second-order valence-corrected chi connectivity index (χ2v) is 5.22. The van der Waals surface area contributed by atoms with Crippen molar-refractivity contribution in [1.29, 1.82) is 0 Å². The van der Waals surface area contributed by atoms with Gasteiger partial charge in [-0.05, 0) is 24.1 Å². The van der Waals surface area contributed by atoms with Crippen LogP contribution in [-0.4, -0.2) is 24.0 Å². The second-order valence-electron chi connectivity index (χ2n) is 5.22. The highest BCUT2D eigenvalue weighted by Gasteiger charge is 2.07. The molecule has 0 amide bonds. The van der Waals surface area contributed by atoms with Gasteiger partial charge in [0.1, 0.15) is 0 Å². The van der Waals surface area contributed by atoms with E-state index in [4.69, 9.17) is 6.42 Å². The predicted molar refractivity (Wildman–Crippen MR) is 82.8 cm³/mol. The fourth-order valence-electron chi connectivity index (χ4n) is 2.10. The lowest BCUT2D eigenvalue weighted by Crippen LogP contribution is -2.27. The van der Waals surface area contributed by atoms with Crippen molar-refractivity contribution in [2.45, 2.75) is 46.3 Å². The highest BCUT2D eigenvalue weighted by molar-refractivity contribution is 5.27. The third-order valence-electron chi connectivity index (χ3n) is 3.07. The molecule has 1 aromatic rings. The maximum Gasteiger partial charge on any atom is 0.0601 e. The van der Waals surface area contributed by atoms with Gasteiger partial charge in [-0.1, -0.05) is 51.0 Å². The van der Waals surface area contributed by atoms with Crippen LogP contribution in [-0.2, 0) is 13.1 Å². The molecule has 0 atom stereocenters. The van der Waals surface area contributed by atoms with Crippen molar-refractivity contribution >= 4 is 0 Å². The molecule has 0 saturated carbocycles. The topological polar surface area (TPSA) is 15.3 Å². The van der Waals surface area contributed by atoms with Gasteiger partial charge in [0.05, 0.1) is 6.54 Å². The van der Waals surface area contributed by atoms with Gasteiger partial charge < -0.3 is 5.32 Å². The fourth-order valence-corrected chi connectivity index (χ4v) is 2.10. The highest BCUT2D eigenvalue weighted by Crippen LogP contribution is 2.12. The van der Waals surface area contributed by atoms with Crippen LogP contribution in [0.1, 0.15) is 38.3 Å². The first-order valence-electron chi connectivity index (χ1n) is 7.13. The first kappa shape index (κ1) is 15.8. The zero-order valence-electron chi connectivity index (χ0n) is 12.4. The Bertz CT molecular complexity index is 404. The molecular formula is C17H26N2. The van der Waals surface area contributed by atoms with Crippen molar-refractivity contribution in [2.75, 3.05) is 13.1 Å². The minimum atomic E-state index is 0.505. The molecule has 1 aromatic carbocycles. The maximum atomic E-state index is 5.45. The van der Waals surface area contributed by atoms with Gasteiger partial charge in [0.25, 0.3) is 0 Å². The Kier molecular flexibility index (Phi) is 7.25. The summed E-state index contributed by atoms with van der Waals surface area (Å²) in [5.74, 6) is 2.75. The molecule has 0 aliphatic rings. The van der Waals surface area contributed by atoms with Gasteiger partial charge in [-0.3, -0.25) is 4.90 Å². The third kappa shape index (κ3) is 5.92. The molecule has 2 nitrogen and oxygen atoms in total. The summed E-state index contributed by atoms with van der Waals surface area (Å²) < 4.78 is 0. The van der Waals surface area contributed by atoms with Crippen molar-refractivity contribution in [2.24, 2.45) is 0 Å². The van der Waals surface area contributed by atoms with Crippen LogP contribution in [0.3, 0.4) is 0 Å². The molecule has 0 unspecified atom stereocenters. The van der Waals surface area contributed by atoms with Crippen molar-refractivity contribution in [3.8, 4) is 12.3 Å². The molecule has 0 aliphatic carbocycles. The van der Waals surface area contributed by atoms with Crippen LogP contribution in [0.5, 0.6) is 0 Å². The molecule has 2 heteroatoms. The van der Waals surface area contributed by atoms with E-state index < -0.39 is 0 Å². The molecule has 0 aromatic heterocycles. The minimum absolute atomic E-state index is 0.505. The average molecular weight is 258 g/mol. The van der Waals surface area contributed by atoms with E-state index in [0.29, 0.717) is 6.04 Å². The van der Waals surface area contributed by atoms with E-state index in [1.165, 1.54) is 11.1 Å². The fraction of sp³-hybridized carbons (Fsp3) is 0.529. The Labute approximate surface area is 118 Å². The molecule has 0 spiro atoms. The molecule has 0 saturated heterocycles. The van der Waals surface area contributed by atoms with Crippen molar-refractivity contribution < 1.29 is 0 Å². The van der Waals surface area contributed by atoms with Gasteiger partial charge >= 0.3 is 0 Å². The molecule has 0 aliphatic heterocycles. The average Bonchev–Trinajstić information content (AvgIpc) is 2.38. The number of rotatable bonds is 8. The second kappa shape index (κ2) is 8.74. The molecular weight excluding hydrogens is 232 g/mol. The van der Waals surface area contributed by atoms with E-state index >= 15 is 0 Å². The molecule has 19 heavy (non-hydrogen) atoms. The summed E-state index contributed by atoms with van der Waals surface area (Å²) in [5.41, 5.74) is 2.74. The van der Waals surface area contributed by atoms with Crippen LogP contribution in [0.25, 0.3) is 0 Å². The van der Waals surface area contributed by atoms with Crippen LogP contribution in [0.4, 0.5) is 0 Å². The first-order valence-corrected chi connectivity index (χ1v) is 7.13. The van der Waals surface area contributed by atoms with Gasteiger partial charge in [-0.2, -0.15) is 0 Å². The van der Waals surface area contributed by atoms with E-state index in [0.717, 1.165) is 32.6 Å². The summed E-state index contributed by atoms with van der Waals surface area (Å²) in [6.07, 6.45) is 6.58. The lowest BCUT2D eigenvalue weighted by Gasteiger charge is -2.21. The lowest BCUT2D eigenvalue weighted by molar-refractivity contribution is 0.298. The number of hydrogen-bond donors (Lipinski definition) is 1. The summed E-state index contributed by atoms with van der Waals surface area (Å²) in [6, 6.07) is 9.12. The molecule has 0 fully saturated rings. The SMILES string of the molecule is C#CCN(CCC)Cc1ccccc1CNC(C)C. The molecule has 0 radical (unpaired) electrons. The minimum Gasteiger partial charge on any atom is -0.310 e. The van der Waals surface area contributed by atoms with Crippen molar-refractivity contribution in [1.82, 2.24) is 10.2 Å². The number of nitrogens with zero attached hydrogens (tertiary/aromatic N) is 1.